The highest BCUT2D eigenvalue weighted by Crippen LogP contribution is 2.22. The van der Waals surface area contributed by atoms with Crippen LogP contribution in [0.5, 0.6) is 0 Å². The molecular weight excluding hydrogens is 204 g/mol. The van der Waals surface area contributed by atoms with Crippen LogP contribution in [0, 0.1) is 0 Å². The van der Waals surface area contributed by atoms with E-state index in [1.165, 1.54) is 6.42 Å². The van der Waals surface area contributed by atoms with E-state index in [-0.39, 0.29) is 18.1 Å². The number of aliphatic hydroxyl groups is 1. The standard InChI is InChI=1S/C12H22N2O2/c1-13(9-12(16)14-7-4-8-14)10-5-2-3-6-11(10)15/h10-11,15H,2-9H2,1H3. The molecule has 16 heavy (non-hydrogen) atoms. The molecule has 0 bridgehead atoms. The predicted octanol–water partition coefficient (Wildman–Crippen LogP) is 0.454. The number of carbonyl (C=O) groups excluding carboxylic acids is 1. The molecule has 2 rings (SSSR count). The summed E-state index contributed by atoms with van der Waals surface area (Å²) in [6.07, 6.45) is 5.08. The molecule has 0 aromatic heterocycles. The summed E-state index contributed by atoms with van der Waals surface area (Å²) in [6, 6.07) is 0.180. The molecule has 0 radical (unpaired) electrons. The van der Waals surface area contributed by atoms with E-state index in [2.05, 4.69) is 0 Å². The van der Waals surface area contributed by atoms with E-state index in [1.54, 1.807) is 0 Å². The Balaban J connectivity index is 1.81. The summed E-state index contributed by atoms with van der Waals surface area (Å²) in [5.41, 5.74) is 0. The van der Waals surface area contributed by atoms with Crippen molar-refractivity contribution in [3.8, 4) is 0 Å². The first kappa shape index (κ1) is 11.9. The molecule has 1 heterocycles. The predicted molar refractivity (Wildman–Crippen MR) is 62.1 cm³/mol. The van der Waals surface area contributed by atoms with Crippen molar-refractivity contribution in [2.24, 2.45) is 0 Å². The number of likely N-dealkylation sites (N-methyl/N-ethyl adjacent to an activating group) is 1. The van der Waals surface area contributed by atoms with Gasteiger partial charge in [0, 0.05) is 19.1 Å². The van der Waals surface area contributed by atoms with Gasteiger partial charge in [-0.05, 0) is 26.3 Å². The zero-order valence-corrected chi connectivity index (χ0v) is 10.1. The van der Waals surface area contributed by atoms with Crippen molar-refractivity contribution in [3.05, 3.63) is 0 Å². The van der Waals surface area contributed by atoms with Crippen molar-refractivity contribution < 1.29 is 9.90 Å². The lowest BCUT2D eigenvalue weighted by atomic mass is 9.91. The Morgan fingerprint density at radius 1 is 1.31 bits per heavy atom. The van der Waals surface area contributed by atoms with E-state index in [9.17, 15) is 9.90 Å². The third kappa shape index (κ3) is 2.55. The molecule has 1 aliphatic carbocycles. The Labute approximate surface area is 97.2 Å². The Morgan fingerprint density at radius 3 is 2.56 bits per heavy atom. The Bertz CT molecular complexity index is 253. The number of hydrogen-bond acceptors (Lipinski definition) is 3. The number of nitrogens with zero attached hydrogens (tertiary/aromatic N) is 2. The van der Waals surface area contributed by atoms with Crippen molar-refractivity contribution in [1.82, 2.24) is 9.80 Å². The second-order valence-corrected chi connectivity index (χ2v) is 5.07. The quantitative estimate of drug-likeness (QED) is 0.760. The van der Waals surface area contributed by atoms with Gasteiger partial charge in [-0.3, -0.25) is 9.69 Å². The van der Waals surface area contributed by atoms with Gasteiger partial charge in [-0.25, -0.2) is 0 Å². The first-order valence-corrected chi connectivity index (χ1v) is 6.34. The summed E-state index contributed by atoms with van der Waals surface area (Å²) in [5, 5.41) is 9.90. The number of hydrogen-bond donors (Lipinski definition) is 1. The molecule has 1 amide bonds. The number of amides is 1. The minimum absolute atomic E-state index is 0.180. The van der Waals surface area contributed by atoms with Crippen LogP contribution in [0.1, 0.15) is 32.1 Å². The van der Waals surface area contributed by atoms with Gasteiger partial charge in [-0.15, -0.1) is 0 Å². The van der Waals surface area contributed by atoms with Gasteiger partial charge in [-0.2, -0.15) is 0 Å². The smallest absolute Gasteiger partial charge is 0.236 e. The number of aliphatic hydroxyl groups excluding tert-OH is 1. The van der Waals surface area contributed by atoms with Crippen LogP contribution < -0.4 is 0 Å². The van der Waals surface area contributed by atoms with Gasteiger partial charge in [-0.1, -0.05) is 12.8 Å². The first-order chi connectivity index (χ1) is 7.68. The molecule has 1 saturated heterocycles. The fraction of sp³-hybridized carbons (Fsp3) is 0.917. The molecule has 0 spiro atoms. The average Bonchev–Trinajstić information content (AvgIpc) is 2.15. The molecular formula is C12H22N2O2. The monoisotopic (exact) mass is 226 g/mol. The largest absolute Gasteiger partial charge is 0.391 e. The molecule has 92 valence electrons. The average molecular weight is 226 g/mol. The minimum atomic E-state index is -0.247. The van der Waals surface area contributed by atoms with Crippen LogP contribution in [0.25, 0.3) is 0 Å². The van der Waals surface area contributed by atoms with Gasteiger partial charge in [0.1, 0.15) is 0 Å². The lowest BCUT2D eigenvalue weighted by molar-refractivity contribution is -0.136. The molecule has 1 aliphatic heterocycles. The van der Waals surface area contributed by atoms with E-state index in [0.29, 0.717) is 6.54 Å². The zero-order valence-electron chi connectivity index (χ0n) is 10.1. The maximum atomic E-state index is 11.8. The molecule has 2 unspecified atom stereocenters. The molecule has 2 fully saturated rings. The fourth-order valence-corrected chi connectivity index (χ4v) is 2.60. The van der Waals surface area contributed by atoms with Crippen LogP contribution in [0.3, 0.4) is 0 Å². The molecule has 1 N–H and O–H groups in total. The normalized spacial score (nSPS) is 30.3. The van der Waals surface area contributed by atoms with Gasteiger partial charge >= 0.3 is 0 Å². The summed E-state index contributed by atoms with van der Waals surface area (Å²) >= 11 is 0. The Kier molecular flexibility index (Phi) is 3.82. The highest BCUT2D eigenvalue weighted by molar-refractivity contribution is 5.78. The van der Waals surface area contributed by atoms with E-state index in [4.69, 9.17) is 0 Å². The van der Waals surface area contributed by atoms with Crippen LogP contribution in [-0.4, -0.2) is 59.6 Å². The van der Waals surface area contributed by atoms with Crippen molar-refractivity contribution in [1.29, 1.82) is 0 Å². The second kappa shape index (κ2) is 5.15. The van der Waals surface area contributed by atoms with Crippen molar-refractivity contribution >= 4 is 5.91 Å². The fourth-order valence-electron chi connectivity index (χ4n) is 2.60. The molecule has 4 nitrogen and oxygen atoms in total. The third-order valence-corrected chi connectivity index (χ3v) is 3.85. The minimum Gasteiger partial charge on any atom is -0.391 e. The third-order valence-electron chi connectivity index (χ3n) is 3.85. The zero-order chi connectivity index (χ0) is 11.5. The number of likely N-dealkylation sites (tertiary alicyclic amines) is 1. The highest BCUT2D eigenvalue weighted by atomic mass is 16.3. The molecule has 4 heteroatoms. The van der Waals surface area contributed by atoms with Crippen LogP contribution >= 0.6 is 0 Å². The Morgan fingerprint density at radius 2 is 2.00 bits per heavy atom. The van der Waals surface area contributed by atoms with E-state index < -0.39 is 0 Å². The Hall–Kier alpha value is -0.610. The maximum absolute atomic E-state index is 11.8. The van der Waals surface area contributed by atoms with E-state index >= 15 is 0 Å². The molecule has 2 atom stereocenters. The van der Waals surface area contributed by atoms with Gasteiger partial charge in [0.15, 0.2) is 0 Å². The highest BCUT2D eigenvalue weighted by Gasteiger charge is 2.29. The summed E-state index contributed by atoms with van der Waals surface area (Å²) in [6.45, 7) is 2.29. The summed E-state index contributed by atoms with van der Waals surface area (Å²) < 4.78 is 0. The van der Waals surface area contributed by atoms with Gasteiger partial charge < -0.3 is 10.0 Å². The van der Waals surface area contributed by atoms with E-state index in [0.717, 1.165) is 38.8 Å². The lowest BCUT2D eigenvalue weighted by Crippen LogP contribution is -2.51. The van der Waals surface area contributed by atoms with Gasteiger partial charge in [0.05, 0.1) is 12.6 Å². The molecule has 0 aromatic carbocycles. The number of carbonyl (C=O) groups is 1. The van der Waals surface area contributed by atoms with Crippen LogP contribution in [0.4, 0.5) is 0 Å². The van der Waals surface area contributed by atoms with Gasteiger partial charge in [0.25, 0.3) is 0 Å². The van der Waals surface area contributed by atoms with Crippen molar-refractivity contribution in [3.63, 3.8) is 0 Å². The molecule has 1 saturated carbocycles. The summed E-state index contributed by atoms with van der Waals surface area (Å²) in [5.74, 6) is 0.214. The first-order valence-electron chi connectivity index (χ1n) is 6.34. The summed E-state index contributed by atoms with van der Waals surface area (Å²) in [7, 11) is 1.96. The second-order valence-electron chi connectivity index (χ2n) is 5.07. The lowest BCUT2D eigenvalue weighted by Gasteiger charge is -2.37. The van der Waals surface area contributed by atoms with Crippen molar-refractivity contribution in [2.75, 3.05) is 26.7 Å². The van der Waals surface area contributed by atoms with Gasteiger partial charge in [0.2, 0.25) is 5.91 Å². The van der Waals surface area contributed by atoms with Crippen LogP contribution in [0.15, 0.2) is 0 Å². The van der Waals surface area contributed by atoms with Crippen LogP contribution in [0.2, 0.25) is 0 Å². The van der Waals surface area contributed by atoms with E-state index in [1.807, 2.05) is 16.8 Å². The van der Waals surface area contributed by atoms with Crippen molar-refractivity contribution in [2.45, 2.75) is 44.2 Å². The maximum Gasteiger partial charge on any atom is 0.236 e. The topological polar surface area (TPSA) is 43.8 Å². The molecule has 2 aliphatic rings. The SMILES string of the molecule is CN(CC(=O)N1CCC1)C1CCCCC1O. The van der Waals surface area contributed by atoms with Crippen LogP contribution in [-0.2, 0) is 4.79 Å². The summed E-state index contributed by atoms with van der Waals surface area (Å²) in [4.78, 5) is 15.7. The number of rotatable bonds is 3. The molecule has 0 aromatic rings.